The van der Waals surface area contributed by atoms with E-state index in [1.165, 1.54) is 12.2 Å². The van der Waals surface area contributed by atoms with Gasteiger partial charge in [-0.2, -0.15) is 0 Å². The normalized spacial score (nSPS) is 13.5. The molecule has 0 bridgehead atoms. The number of hydrogen-bond acceptors (Lipinski definition) is 0. The van der Waals surface area contributed by atoms with E-state index in [9.17, 15) is 4.39 Å². The van der Waals surface area contributed by atoms with Crippen molar-refractivity contribution in [1.82, 2.24) is 0 Å². The lowest BCUT2D eigenvalue weighted by molar-refractivity contribution is 0.643. The Morgan fingerprint density at radius 2 is 2.30 bits per heavy atom. The summed E-state index contributed by atoms with van der Waals surface area (Å²) in [4.78, 5) is 0. The van der Waals surface area contributed by atoms with Crippen molar-refractivity contribution in [2.24, 2.45) is 0 Å². The average molecular weight is 225 g/mol. The minimum atomic E-state index is -0.375. The van der Waals surface area contributed by atoms with E-state index < -0.39 is 0 Å². The van der Waals surface area contributed by atoms with E-state index in [4.69, 9.17) is 11.6 Å². The molecule has 0 rings (SSSR count). The number of halogens is 3. The first kappa shape index (κ1) is 9.92. The predicted molar refractivity (Wildman–Crippen MR) is 47.1 cm³/mol. The summed E-state index contributed by atoms with van der Waals surface area (Å²) >= 11 is 8.38. The second-order valence-electron chi connectivity index (χ2n) is 1.48. The minimum Gasteiger partial charge on any atom is -0.209 e. The van der Waals surface area contributed by atoms with Crippen molar-refractivity contribution >= 4 is 27.5 Å². The highest BCUT2D eigenvalue weighted by Gasteiger charge is 1.95. The summed E-state index contributed by atoms with van der Waals surface area (Å²) in [5.41, 5.74) is 0. The van der Waals surface area contributed by atoms with Crippen molar-refractivity contribution in [2.75, 3.05) is 5.33 Å². The molecule has 0 aromatic rings. The van der Waals surface area contributed by atoms with Crippen LogP contribution in [-0.2, 0) is 0 Å². The highest BCUT2D eigenvalue weighted by atomic mass is 79.9. The fraction of sp³-hybridized carbons (Fsp3) is 0.143. The van der Waals surface area contributed by atoms with E-state index in [1.54, 1.807) is 6.08 Å². The second-order valence-corrected chi connectivity index (χ2v) is 2.45. The van der Waals surface area contributed by atoms with Gasteiger partial charge in [-0.15, -0.1) is 0 Å². The first-order valence-corrected chi connectivity index (χ1v) is 4.11. The molecule has 0 aliphatic carbocycles. The van der Waals surface area contributed by atoms with E-state index in [1.807, 2.05) is 0 Å². The Morgan fingerprint density at radius 1 is 1.70 bits per heavy atom. The Bertz CT molecular complexity index is 172. The van der Waals surface area contributed by atoms with Crippen LogP contribution < -0.4 is 0 Å². The molecule has 0 aliphatic rings. The van der Waals surface area contributed by atoms with Crippen molar-refractivity contribution in [1.29, 1.82) is 0 Å². The van der Waals surface area contributed by atoms with E-state index in [-0.39, 0.29) is 16.2 Å². The molecule has 0 saturated heterocycles. The number of allylic oxidation sites excluding steroid dienone is 5. The van der Waals surface area contributed by atoms with Crippen molar-refractivity contribution < 1.29 is 4.39 Å². The Kier molecular flexibility index (Phi) is 5.64. The van der Waals surface area contributed by atoms with Gasteiger partial charge in [0.2, 0.25) is 0 Å². The van der Waals surface area contributed by atoms with Crippen LogP contribution in [0.4, 0.5) is 4.39 Å². The monoisotopic (exact) mass is 224 g/mol. The third-order valence-electron chi connectivity index (χ3n) is 0.755. The molecule has 0 heterocycles. The largest absolute Gasteiger partial charge is 0.209 e. The summed E-state index contributed by atoms with van der Waals surface area (Å²) in [5, 5.41) is 0.254. The maximum Gasteiger partial charge on any atom is 0.129 e. The fourth-order valence-electron chi connectivity index (χ4n) is 0.307. The van der Waals surface area contributed by atoms with Crippen LogP contribution >= 0.6 is 27.5 Å². The van der Waals surface area contributed by atoms with Gasteiger partial charge in [-0.1, -0.05) is 46.3 Å². The summed E-state index contributed by atoms with van der Waals surface area (Å²) in [6.45, 7) is 3.42. The van der Waals surface area contributed by atoms with Crippen LogP contribution in [-0.4, -0.2) is 5.33 Å². The van der Waals surface area contributed by atoms with Crippen molar-refractivity contribution in [2.45, 2.75) is 0 Å². The quantitative estimate of drug-likeness (QED) is 0.509. The van der Waals surface area contributed by atoms with Gasteiger partial charge in [-0.25, -0.2) is 4.39 Å². The van der Waals surface area contributed by atoms with Crippen LogP contribution in [0.1, 0.15) is 0 Å². The molecule has 0 aliphatic heterocycles. The summed E-state index contributed by atoms with van der Waals surface area (Å²) in [7, 11) is 0. The molecule has 0 amide bonds. The first-order chi connectivity index (χ1) is 4.72. The Hall–Kier alpha value is -0.0800. The third-order valence-corrected chi connectivity index (χ3v) is 1.58. The molecule has 0 radical (unpaired) electrons. The maximum absolute atomic E-state index is 12.5. The molecule has 0 aromatic carbocycles. The molecule has 0 atom stereocenters. The summed E-state index contributed by atoms with van der Waals surface area (Å²) < 4.78 is 12.5. The van der Waals surface area contributed by atoms with Crippen LogP contribution in [0, 0.1) is 0 Å². The minimum absolute atomic E-state index is 0.108. The van der Waals surface area contributed by atoms with E-state index in [0.29, 0.717) is 0 Å². The molecule has 3 heteroatoms. The molecule has 0 N–H and O–H groups in total. The van der Waals surface area contributed by atoms with Crippen LogP contribution in [0.5, 0.6) is 0 Å². The van der Waals surface area contributed by atoms with Gasteiger partial charge in [0.1, 0.15) is 5.83 Å². The Morgan fingerprint density at radius 3 is 2.70 bits per heavy atom. The number of rotatable bonds is 3. The average Bonchev–Trinajstić information content (AvgIpc) is 1.98. The van der Waals surface area contributed by atoms with Gasteiger partial charge in [0.25, 0.3) is 0 Å². The summed E-state index contributed by atoms with van der Waals surface area (Å²) in [6.07, 6.45) is 4.56. The smallest absolute Gasteiger partial charge is 0.129 e. The molecule has 0 nitrogen and oxygen atoms in total. The first-order valence-electron chi connectivity index (χ1n) is 2.61. The molecule has 0 aromatic heterocycles. The van der Waals surface area contributed by atoms with Crippen molar-refractivity contribution in [3.05, 3.63) is 35.7 Å². The van der Waals surface area contributed by atoms with Crippen molar-refractivity contribution in [3.8, 4) is 0 Å². The topological polar surface area (TPSA) is 0 Å². The second kappa shape index (κ2) is 5.69. The van der Waals surface area contributed by atoms with Crippen LogP contribution in [0.25, 0.3) is 0 Å². The standard InChI is InChI=1S/C7H7BrClF/c1-2-3-4-6(9)7(10)5-8/h2-4H,1,5H2/b4-3-,7-6-. The van der Waals surface area contributed by atoms with Gasteiger partial charge in [-0.3, -0.25) is 0 Å². The molecular formula is C7H7BrClF. The van der Waals surface area contributed by atoms with Crippen LogP contribution in [0.2, 0.25) is 0 Å². The summed E-state index contributed by atoms with van der Waals surface area (Å²) in [5.74, 6) is -0.375. The molecule has 0 fully saturated rings. The Balaban J connectivity index is 4.17. The SMILES string of the molecule is C=C/C=C\C(Cl)=C(\F)CBr. The molecular weight excluding hydrogens is 218 g/mol. The molecule has 0 spiro atoms. The zero-order chi connectivity index (χ0) is 7.98. The molecule has 56 valence electrons. The van der Waals surface area contributed by atoms with Gasteiger partial charge in [0, 0.05) is 0 Å². The van der Waals surface area contributed by atoms with Gasteiger partial charge < -0.3 is 0 Å². The Labute approximate surface area is 73.2 Å². The molecule has 10 heavy (non-hydrogen) atoms. The highest BCUT2D eigenvalue weighted by Crippen LogP contribution is 2.14. The molecule has 0 saturated carbocycles. The lowest BCUT2D eigenvalue weighted by atomic mass is 10.4. The van der Waals surface area contributed by atoms with Crippen molar-refractivity contribution in [3.63, 3.8) is 0 Å². The van der Waals surface area contributed by atoms with Crippen LogP contribution in [0.3, 0.4) is 0 Å². The van der Waals surface area contributed by atoms with Gasteiger partial charge in [0.05, 0.1) is 10.4 Å². The van der Waals surface area contributed by atoms with E-state index in [0.717, 1.165) is 0 Å². The van der Waals surface area contributed by atoms with E-state index >= 15 is 0 Å². The highest BCUT2D eigenvalue weighted by molar-refractivity contribution is 9.09. The van der Waals surface area contributed by atoms with Gasteiger partial charge in [0.15, 0.2) is 0 Å². The van der Waals surface area contributed by atoms with Crippen LogP contribution in [0.15, 0.2) is 35.7 Å². The zero-order valence-corrected chi connectivity index (χ0v) is 7.62. The van der Waals surface area contributed by atoms with Gasteiger partial charge >= 0.3 is 0 Å². The maximum atomic E-state index is 12.5. The molecule has 0 unspecified atom stereocenters. The predicted octanol–water partition coefficient (Wildman–Crippen LogP) is 3.54. The third kappa shape index (κ3) is 3.85. The fourth-order valence-corrected chi connectivity index (χ4v) is 0.910. The lowest BCUT2D eigenvalue weighted by Gasteiger charge is -1.89. The number of alkyl halides is 1. The zero-order valence-electron chi connectivity index (χ0n) is 5.28. The van der Waals surface area contributed by atoms with E-state index in [2.05, 4.69) is 22.5 Å². The number of hydrogen-bond donors (Lipinski definition) is 0. The van der Waals surface area contributed by atoms with Gasteiger partial charge in [-0.05, 0) is 6.08 Å². The lowest BCUT2D eigenvalue weighted by Crippen LogP contribution is -1.75. The summed E-state index contributed by atoms with van der Waals surface area (Å²) in [6, 6.07) is 0.